The molecular weight excluding hydrogens is 393 g/mol. The number of carbonyl (C=O) groups excluding carboxylic acids is 1. The van der Waals surface area contributed by atoms with Crippen molar-refractivity contribution in [2.75, 3.05) is 26.3 Å². The van der Waals surface area contributed by atoms with Gasteiger partial charge in [0.05, 0.1) is 12.1 Å². The minimum absolute atomic E-state index is 0.171. The standard InChI is InChI=1S/C23H27F3N2O2/c1-23(2,3)30-22(29)27-12-13-28(20(14-24)15-27)21(16-4-8-18(25)9-5-16)17-6-10-19(26)11-7-17/h4-11,20-21H,12-15H2,1-3H3. The van der Waals surface area contributed by atoms with Crippen LogP contribution in [0.1, 0.15) is 37.9 Å². The summed E-state index contributed by atoms with van der Waals surface area (Å²) >= 11 is 0. The topological polar surface area (TPSA) is 32.8 Å². The predicted molar refractivity (Wildman–Crippen MR) is 109 cm³/mol. The van der Waals surface area contributed by atoms with Crippen molar-refractivity contribution in [3.05, 3.63) is 71.3 Å². The fourth-order valence-corrected chi connectivity index (χ4v) is 3.70. The van der Waals surface area contributed by atoms with Gasteiger partial charge in [0.2, 0.25) is 0 Å². The van der Waals surface area contributed by atoms with Crippen LogP contribution in [0.25, 0.3) is 0 Å². The molecule has 0 N–H and O–H groups in total. The highest BCUT2D eigenvalue weighted by atomic mass is 19.1. The molecule has 1 heterocycles. The third-order valence-electron chi connectivity index (χ3n) is 5.06. The number of amides is 1. The maximum atomic E-state index is 14.1. The van der Waals surface area contributed by atoms with E-state index in [1.165, 1.54) is 29.2 Å². The number of hydrogen-bond donors (Lipinski definition) is 0. The molecule has 7 heteroatoms. The summed E-state index contributed by atoms with van der Waals surface area (Å²) in [7, 11) is 0. The smallest absolute Gasteiger partial charge is 0.410 e. The van der Waals surface area contributed by atoms with Crippen LogP contribution in [-0.2, 0) is 4.74 Å². The van der Waals surface area contributed by atoms with Crippen LogP contribution in [-0.4, -0.2) is 53.8 Å². The van der Waals surface area contributed by atoms with Crippen molar-refractivity contribution in [1.29, 1.82) is 0 Å². The lowest BCUT2D eigenvalue weighted by molar-refractivity contribution is -0.00532. The van der Waals surface area contributed by atoms with Gasteiger partial charge >= 0.3 is 6.09 Å². The van der Waals surface area contributed by atoms with Crippen LogP contribution in [0.4, 0.5) is 18.0 Å². The number of nitrogens with zero attached hydrogens (tertiary/aromatic N) is 2. The van der Waals surface area contributed by atoms with Crippen molar-refractivity contribution in [3.8, 4) is 0 Å². The minimum Gasteiger partial charge on any atom is -0.444 e. The van der Waals surface area contributed by atoms with Crippen LogP contribution in [0.2, 0.25) is 0 Å². The van der Waals surface area contributed by atoms with Crippen molar-refractivity contribution >= 4 is 6.09 Å². The molecule has 3 rings (SSSR count). The van der Waals surface area contributed by atoms with E-state index in [9.17, 15) is 18.0 Å². The van der Waals surface area contributed by atoms with Crippen molar-refractivity contribution in [2.45, 2.75) is 38.5 Å². The number of ether oxygens (including phenoxy) is 1. The number of benzene rings is 2. The Morgan fingerprint density at radius 2 is 1.50 bits per heavy atom. The summed E-state index contributed by atoms with van der Waals surface area (Å²) in [5, 5.41) is 0. The summed E-state index contributed by atoms with van der Waals surface area (Å²) in [5.41, 5.74) is 0.906. The quantitative estimate of drug-likeness (QED) is 0.702. The molecule has 1 aliphatic heterocycles. The lowest BCUT2D eigenvalue weighted by atomic mass is 9.94. The average molecular weight is 420 g/mol. The van der Waals surface area contributed by atoms with Crippen molar-refractivity contribution in [2.24, 2.45) is 0 Å². The molecule has 1 aliphatic rings. The largest absolute Gasteiger partial charge is 0.444 e. The molecule has 1 saturated heterocycles. The summed E-state index contributed by atoms with van der Waals surface area (Å²) in [6.07, 6.45) is -0.472. The van der Waals surface area contributed by atoms with Gasteiger partial charge in [-0.25, -0.2) is 18.0 Å². The van der Waals surface area contributed by atoms with Gasteiger partial charge in [-0.1, -0.05) is 24.3 Å². The SMILES string of the molecule is CC(C)(C)OC(=O)N1CCN(C(c2ccc(F)cc2)c2ccc(F)cc2)C(CF)C1. The van der Waals surface area contributed by atoms with E-state index in [1.54, 1.807) is 45.0 Å². The Hall–Kier alpha value is -2.54. The fraction of sp³-hybridized carbons (Fsp3) is 0.435. The lowest BCUT2D eigenvalue weighted by Gasteiger charge is -2.44. The second kappa shape index (κ2) is 9.08. The zero-order chi connectivity index (χ0) is 21.9. The lowest BCUT2D eigenvalue weighted by Crippen LogP contribution is -2.57. The van der Waals surface area contributed by atoms with E-state index in [-0.39, 0.29) is 18.2 Å². The van der Waals surface area contributed by atoms with E-state index in [0.29, 0.717) is 13.1 Å². The summed E-state index contributed by atoms with van der Waals surface area (Å²) in [4.78, 5) is 15.9. The molecule has 1 fully saturated rings. The highest BCUT2D eigenvalue weighted by Crippen LogP contribution is 2.33. The molecule has 1 amide bonds. The maximum Gasteiger partial charge on any atom is 0.410 e. The van der Waals surface area contributed by atoms with Gasteiger partial charge in [0.15, 0.2) is 0 Å². The number of hydrogen-bond acceptors (Lipinski definition) is 3. The molecule has 2 aromatic carbocycles. The molecule has 1 atom stereocenters. The van der Waals surface area contributed by atoms with Crippen LogP contribution in [0.3, 0.4) is 0 Å². The first-order chi connectivity index (χ1) is 14.2. The van der Waals surface area contributed by atoms with Crippen LogP contribution in [0.5, 0.6) is 0 Å². The zero-order valence-corrected chi connectivity index (χ0v) is 17.4. The fourth-order valence-electron chi connectivity index (χ4n) is 3.70. The number of carbonyl (C=O) groups is 1. The molecule has 1 unspecified atom stereocenters. The van der Waals surface area contributed by atoms with Crippen LogP contribution in [0, 0.1) is 11.6 Å². The second-order valence-corrected chi connectivity index (χ2v) is 8.48. The normalized spacial score (nSPS) is 18.0. The highest BCUT2D eigenvalue weighted by Gasteiger charge is 2.36. The Morgan fingerprint density at radius 1 is 1.00 bits per heavy atom. The average Bonchev–Trinajstić information content (AvgIpc) is 2.70. The van der Waals surface area contributed by atoms with Gasteiger partial charge in [0.25, 0.3) is 0 Å². The van der Waals surface area contributed by atoms with Crippen molar-refractivity contribution in [1.82, 2.24) is 9.80 Å². The molecule has 0 aromatic heterocycles. The monoisotopic (exact) mass is 420 g/mol. The molecule has 0 radical (unpaired) electrons. The Morgan fingerprint density at radius 3 is 1.93 bits per heavy atom. The summed E-state index contributed by atoms with van der Waals surface area (Å²) < 4.78 is 46.5. The molecule has 30 heavy (non-hydrogen) atoms. The van der Waals surface area contributed by atoms with Gasteiger partial charge in [-0.3, -0.25) is 4.90 Å². The van der Waals surface area contributed by atoms with E-state index in [2.05, 4.69) is 0 Å². The number of halogens is 3. The van der Waals surface area contributed by atoms with Crippen molar-refractivity contribution < 1.29 is 22.7 Å². The van der Waals surface area contributed by atoms with Gasteiger partial charge in [0, 0.05) is 19.6 Å². The van der Waals surface area contributed by atoms with E-state index in [0.717, 1.165) is 11.1 Å². The molecule has 0 saturated carbocycles. The van der Waals surface area contributed by atoms with Crippen LogP contribution < -0.4 is 0 Å². The molecule has 0 aliphatic carbocycles. The highest BCUT2D eigenvalue weighted by molar-refractivity contribution is 5.68. The van der Waals surface area contributed by atoms with E-state index >= 15 is 0 Å². The van der Waals surface area contributed by atoms with E-state index in [4.69, 9.17) is 4.74 Å². The Kier molecular flexibility index (Phi) is 6.71. The Labute approximate surface area is 175 Å². The van der Waals surface area contributed by atoms with E-state index < -0.39 is 30.5 Å². The first-order valence-electron chi connectivity index (χ1n) is 9.98. The van der Waals surface area contributed by atoms with Gasteiger partial charge in [-0.2, -0.15) is 0 Å². The van der Waals surface area contributed by atoms with Crippen LogP contribution >= 0.6 is 0 Å². The second-order valence-electron chi connectivity index (χ2n) is 8.48. The molecule has 4 nitrogen and oxygen atoms in total. The summed E-state index contributed by atoms with van der Waals surface area (Å²) in [6, 6.07) is 11.1. The molecule has 0 bridgehead atoms. The van der Waals surface area contributed by atoms with Gasteiger partial charge in [-0.05, 0) is 56.2 Å². The third-order valence-corrected chi connectivity index (χ3v) is 5.06. The van der Waals surface area contributed by atoms with Gasteiger partial charge in [-0.15, -0.1) is 0 Å². The minimum atomic E-state index is -0.668. The number of alkyl halides is 1. The third kappa shape index (κ3) is 5.33. The predicted octanol–water partition coefficient (Wildman–Crippen LogP) is 4.95. The van der Waals surface area contributed by atoms with Crippen molar-refractivity contribution in [3.63, 3.8) is 0 Å². The van der Waals surface area contributed by atoms with Gasteiger partial charge in [0.1, 0.15) is 23.9 Å². The first-order valence-corrected chi connectivity index (χ1v) is 9.98. The number of rotatable bonds is 4. The summed E-state index contributed by atoms with van der Waals surface area (Å²) in [5.74, 6) is -0.734. The zero-order valence-electron chi connectivity index (χ0n) is 17.4. The molecular formula is C23H27F3N2O2. The summed E-state index contributed by atoms with van der Waals surface area (Å²) in [6.45, 7) is 5.62. The molecule has 162 valence electrons. The Balaban J connectivity index is 1.88. The number of piperazine rings is 1. The van der Waals surface area contributed by atoms with Gasteiger partial charge < -0.3 is 9.64 Å². The Bertz CT molecular complexity index is 805. The molecule has 2 aromatic rings. The first kappa shape index (κ1) is 22.2. The van der Waals surface area contributed by atoms with E-state index in [1.807, 2.05) is 4.90 Å². The van der Waals surface area contributed by atoms with Crippen LogP contribution in [0.15, 0.2) is 48.5 Å². The maximum absolute atomic E-state index is 14.1. The molecule has 0 spiro atoms.